The van der Waals surface area contributed by atoms with Gasteiger partial charge in [-0.15, -0.1) is 0 Å². The summed E-state index contributed by atoms with van der Waals surface area (Å²) in [7, 11) is -0.411. The van der Waals surface area contributed by atoms with Gasteiger partial charge in [-0.1, -0.05) is 60.7 Å². The second kappa shape index (κ2) is 46.3. The molecule has 0 bridgehead atoms. The number of pyridine rings is 6. The summed E-state index contributed by atoms with van der Waals surface area (Å²) < 4.78 is 49.7. The van der Waals surface area contributed by atoms with Gasteiger partial charge >= 0.3 is 36.7 Å². The maximum absolute atomic E-state index is 12.8. The molecule has 22 nitrogen and oxygen atoms in total. The number of benzene rings is 7. The molecule has 0 atom stereocenters. The number of nitrogens with zero attached hydrogens (tertiary/aromatic N) is 14. The van der Waals surface area contributed by atoms with E-state index in [1.165, 1.54) is 60.1 Å². The van der Waals surface area contributed by atoms with Gasteiger partial charge in [0.2, 0.25) is 0 Å². The quantitative estimate of drug-likeness (QED) is 0.0475. The third-order valence-electron chi connectivity index (χ3n) is 17.3. The summed E-state index contributed by atoms with van der Waals surface area (Å²) in [4.78, 5) is 68.1. The zero-order valence-electron chi connectivity index (χ0n) is 65.6. The molecule has 0 unspecified atom stereocenters. The Bertz CT molecular complexity index is 5850. The Morgan fingerprint density at radius 3 is 0.844 bits per heavy atom. The smallest absolute Gasteiger partial charge is 1.00 e. The monoisotopic (exact) mass is 2300 g/mol. The number of carbonyl (C=O) groups excluding carboxylic acids is 2. The molecule has 122 heavy (non-hydrogen) atoms. The van der Waals surface area contributed by atoms with Gasteiger partial charge in [-0.25, -0.2) is 24.3 Å². The Kier molecular flexibility index (Phi) is 37.2. The molecule has 0 saturated carbocycles. The molecule has 38 heteroatoms. The van der Waals surface area contributed by atoms with E-state index in [1.54, 1.807) is 61.2 Å². The summed E-state index contributed by atoms with van der Waals surface area (Å²) in [5.41, 5.74) is 37.9. The van der Waals surface area contributed by atoms with Crippen molar-refractivity contribution < 1.29 is 54.3 Å². The number of ketones is 2. The summed E-state index contributed by atoms with van der Waals surface area (Å²) in [6.07, 6.45) is 9.94. The molecule has 10 aromatic heterocycles. The number of carbonyl (C=O) groups is 2. The number of hydrogen-bond donors (Lipinski definition) is 4. The van der Waals surface area contributed by atoms with Crippen LogP contribution in [0.15, 0.2) is 300 Å². The van der Waals surface area contributed by atoms with E-state index in [4.69, 9.17) is 52.2 Å². The van der Waals surface area contributed by atoms with Crippen LogP contribution in [0, 0.1) is 5.82 Å². The molecule has 18 rings (SSSR count). The van der Waals surface area contributed by atoms with E-state index in [0.29, 0.717) is 45.5 Å². The number of rotatable bonds is 8. The first-order chi connectivity index (χ1) is 57.6. The number of nitrogen functional groups attached to an aromatic ring is 4. The third-order valence-corrected chi connectivity index (χ3v) is 25.0. The van der Waals surface area contributed by atoms with Crippen molar-refractivity contribution in [3.05, 3.63) is 318 Å². The Morgan fingerprint density at radius 2 is 0.582 bits per heavy atom. The van der Waals surface area contributed by atoms with Gasteiger partial charge in [-0.3, -0.25) is 39.5 Å². The predicted molar refractivity (Wildman–Crippen MR) is 520 cm³/mol. The molecule has 11 heterocycles. The van der Waals surface area contributed by atoms with Crippen LogP contribution in [-0.4, -0.2) is 106 Å². The number of Topliss-reactive ketones (excluding diaryl/α,β-unsaturated/α-hetero) is 2. The molecule has 0 amide bonds. The Morgan fingerprint density at radius 1 is 0.336 bits per heavy atom. The first-order valence-corrected chi connectivity index (χ1v) is 44.7. The fourth-order valence-electron chi connectivity index (χ4n) is 10.4. The summed E-state index contributed by atoms with van der Waals surface area (Å²) in [6, 6.07) is 65.8. The molecule has 0 aliphatic carbocycles. The summed E-state index contributed by atoms with van der Waals surface area (Å²) in [6.45, 7) is 7.99. The molecule has 1 aliphatic rings. The van der Waals surface area contributed by atoms with Crippen molar-refractivity contribution in [2.24, 2.45) is 0 Å². The number of aromatic nitrogens is 14. The third kappa shape index (κ3) is 25.5. The average Bonchev–Trinajstić information content (AvgIpc) is 1.30. The predicted octanol–water partition coefficient (Wildman–Crippen LogP) is 20.6. The molecule has 609 valence electrons. The summed E-state index contributed by atoms with van der Waals surface area (Å²) in [5, 5.41) is 0. The average molecular weight is 2320 g/mol. The fraction of sp³-hybridized carbons (Fsp3) is 0.0714. The Hall–Kier alpha value is -7.92. The second-order valence-corrected chi connectivity index (χ2v) is 35.4. The number of nitrogens with two attached hydrogens (primary N) is 4. The first-order valence-electron chi connectivity index (χ1n) is 35.3. The minimum absolute atomic E-state index is 0. The fourth-order valence-corrected chi connectivity index (χ4v) is 15.6. The van der Waals surface area contributed by atoms with Crippen molar-refractivity contribution in [2.75, 3.05) is 22.9 Å². The number of fused-ring (bicyclic) bond motifs is 4. The maximum Gasteiger partial charge on any atom is 1.00 e. The topological polar surface area (TPSA) is 337 Å². The second-order valence-electron chi connectivity index (χ2n) is 25.8. The van der Waals surface area contributed by atoms with Crippen LogP contribution in [-0.2, 0) is 9.31 Å². The summed E-state index contributed by atoms with van der Waals surface area (Å²) >= 11 is 36.5. The molecule has 3 radical (unpaired) electrons. The van der Waals surface area contributed by atoms with Crippen LogP contribution in [0.25, 0.3) is 89.7 Å². The maximum atomic E-state index is 12.8. The van der Waals surface area contributed by atoms with E-state index in [9.17, 15) is 14.0 Å². The SMILES string of the molecule is Brc1ccc(Br)c2nc(-c3ccccn3)c(-c3ccccn3)nc12.Brc1ccc(Br)c2nc(-c3ccccn3)c(-c3ccccn3)nc12.Brc1ccc(Br)c2nsnc12.CC1(C)OB(c2ccc(F)cc2)OC1(C)C.Nc1c(Br)ccc(Br)c1N.Nc1c(Br)ccc(Br)c1N.O=C(C(=O)c1ccccn1)c1ccccn1.[B].[H-].[Na+].c1ccc2nsnc2c1. The molecule has 1 fully saturated rings. The molecule has 1 aliphatic heterocycles. The Labute approximate surface area is 819 Å². The molecule has 7 aromatic carbocycles. The molecule has 17 aromatic rings. The van der Waals surface area contributed by atoms with Crippen LogP contribution in [0.2, 0.25) is 0 Å². The van der Waals surface area contributed by atoms with Crippen LogP contribution in [0.1, 0.15) is 50.1 Å². The minimum atomic E-state index is -0.640. The van der Waals surface area contributed by atoms with Crippen LogP contribution in [0.4, 0.5) is 27.1 Å². The molecular weight excluding hydrogens is 2250 g/mol. The summed E-state index contributed by atoms with van der Waals surface area (Å²) in [5.74, 6) is -1.53. The zero-order valence-corrected chi connectivity index (χ0v) is 84.1. The number of anilines is 4. The van der Waals surface area contributed by atoms with E-state index in [-0.39, 0.29) is 67.8 Å². The van der Waals surface area contributed by atoms with Crippen LogP contribution in [0.5, 0.6) is 0 Å². The van der Waals surface area contributed by atoms with E-state index < -0.39 is 18.7 Å². The van der Waals surface area contributed by atoms with Gasteiger partial charge in [0, 0.05) is 90.3 Å². The van der Waals surface area contributed by atoms with E-state index in [0.717, 1.165) is 117 Å². The molecule has 8 N–H and O–H groups in total. The normalized spacial score (nSPS) is 11.8. The van der Waals surface area contributed by atoms with Gasteiger partial charge < -0.3 is 33.7 Å². The first kappa shape index (κ1) is 97.9. The van der Waals surface area contributed by atoms with Gasteiger partial charge in [0.05, 0.1) is 80.2 Å². The largest absolute Gasteiger partial charge is 1.00 e. The molecule has 0 spiro atoms. The minimum Gasteiger partial charge on any atom is -1.00 e. The van der Waals surface area contributed by atoms with Gasteiger partial charge in [-0.05, 0) is 350 Å². The van der Waals surface area contributed by atoms with Crippen molar-refractivity contribution in [2.45, 2.75) is 38.9 Å². The zero-order chi connectivity index (χ0) is 85.8. The molecular formula is C84H63B2Br10FN18NaO4S2. The van der Waals surface area contributed by atoms with Crippen LogP contribution < -0.4 is 58.0 Å². The Balaban J connectivity index is 0.000000178. The van der Waals surface area contributed by atoms with Crippen molar-refractivity contribution in [1.82, 2.24) is 67.3 Å². The van der Waals surface area contributed by atoms with Gasteiger partial charge in [-0.2, -0.15) is 17.5 Å². The van der Waals surface area contributed by atoms with Crippen LogP contribution in [0.3, 0.4) is 0 Å². The van der Waals surface area contributed by atoms with Gasteiger partial charge in [0.25, 0.3) is 11.6 Å². The number of halogens is 11. The van der Waals surface area contributed by atoms with E-state index >= 15 is 0 Å². The number of hydrogen-bond acceptors (Lipinski definition) is 24. The van der Waals surface area contributed by atoms with Crippen molar-refractivity contribution in [3.8, 4) is 45.6 Å². The van der Waals surface area contributed by atoms with E-state index in [2.05, 4.69) is 207 Å². The standard InChI is InChI=1S/2C18H10Br2N4.C12H16BFO2.C12H8N2O2.C6H2Br2N2S.2C6H6Br2N2.C6H4N2S.B.Na.H/c2*19-11-7-8-12(20)16-15(11)23-17(13-5-1-3-9-21-13)18(24-16)14-6-2-4-10-22-14;1-11(2)12(3,4)16-13(15-11)9-5-7-10(14)8-6-9;15-11(9-5-1-3-7-13-9)12(16)10-6-2-4-8-14-10;7-3-1-2-4(8)6-5(3)9-11-10-6;2*7-3-1-2-4(8)6(10)5(3)9;1-2-4-6-5(3-1)7-9-8-6;;;/h2*1-10H;5-8H,1-4H3;1-8H;1-2H;2*1-2H,9-10H2;1-4H;;;/q;;;;;;;;;+1;-1. The van der Waals surface area contributed by atoms with Gasteiger partial charge in [0.15, 0.2) is 0 Å². The van der Waals surface area contributed by atoms with Crippen molar-refractivity contribution >= 4 is 282 Å². The van der Waals surface area contributed by atoms with Crippen LogP contribution >= 0.6 is 183 Å². The van der Waals surface area contributed by atoms with Crippen molar-refractivity contribution in [1.29, 1.82) is 0 Å². The van der Waals surface area contributed by atoms with E-state index in [1.807, 2.05) is 185 Å². The molecule has 1 saturated heterocycles. The van der Waals surface area contributed by atoms with Gasteiger partial charge in [0.1, 0.15) is 84.1 Å². The van der Waals surface area contributed by atoms with Crippen molar-refractivity contribution in [3.63, 3.8) is 0 Å².